The minimum Gasteiger partial charge on any atom is -0.248 e. The van der Waals surface area contributed by atoms with E-state index in [-0.39, 0.29) is 5.56 Å². The molecule has 0 fully saturated rings. The van der Waals surface area contributed by atoms with Crippen molar-refractivity contribution in [1.82, 2.24) is 4.98 Å². The van der Waals surface area contributed by atoms with Crippen molar-refractivity contribution >= 4 is 0 Å². The fourth-order valence-corrected chi connectivity index (χ4v) is 0.913. The third-order valence-corrected chi connectivity index (χ3v) is 1.50. The summed E-state index contributed by atoms with van der Waals surface area (Å²) in [5, 5.41) is 0. The van der Waals surface area contributed by atoms with Gasteiger partial charge in [-0.15, -0.1) is 0 Å². The average Bonchev–Trinajstić information content (AvgIpc) is 2.11. The van der Waals surface area contributed by atoms with Gasteiger partial charge in [-0.2, -0.15) is 13.2 Å². The number of hydrogen-bond acceptors (Lipinski definition) is 1. The first-order chi connectivity index (χ1) is 6.41. The molecular weight excluding hydrogens is 191 g/mol. The van der Waals surface area contributed by atoms with E-state index in [0.29, 0.717) is 5.69 Å². The zero-order chi connectivity index (χ0) is 11.4. The molecule has 80 valence electrons. The van der Waals surface area contributed by atoms with Crippen molar-refractivity contribution in [3.05, 3.63) is 29.1 Å². The first-order valence-electron chi connectivity index (χ1n) is 4.42. The van der Waals surface area contributed by atoms with Gasteiger partial charge >= 0.3 is 6.18 Å². The number of alkyl halides is 3. The first-order valence-corrected chi connectivity index (χ1v) is 4.42. The Balaban J connectivity index is 0.000000791. The van der Waals surface area contributed by atoms with Gasteiger partial charge in [-0.3, -0.25) is 0 Å². The van der Waals surface area contributed by atoms with Gasteiger partial charge in [0.1, 0.15) is 5.69 Å². The van der Waals surface area contributed by atoms with Gasteiger partial charge in [0.25, 0.3) is 0 Å². The molecule has 0 bridgehead atoms. The zero-order valence-corrected chi connectivity index (χ0v) is 8.74. The Morgan fingerprint density at radius 3 is 1.93 bits per heavy atom. The van der Waals surface area contributed by atoms with Crippen LogP contribution in [0.25, 0.3) is 0 Å². The molecule has 0 saturated carbocycles. The van der Waals surface area contributed by atoms with Gasteiger partial charge in [-0.1, -0.05) is 19.9 Å². The van der Waals surface area contributed by atoms with Crippen LogP contribution in [0.2, 0.25) is 0 Å². The molecule has 0 aromatic carbocycles. The molecule has 0 saturated heterocycles. The molecular formula is C10H14F3N. The number of halogens is 3. The smallest absolute Gasteiger partial charge is 0.248 e. The second kappa shape index (κ2) is 4.98. The van der Waals surface area contributed by atoms with Gasteiger partial charge < -0.3 is 0 Å². The van der Waals surface area contributed by atoms with Crippen molar-refractivity contribution in [2.75, 3.05) is 0 Å². The summed E-state index contributed by atoms with van der Waals surface area (Å²) in [5.74, 6) is 0. The second-order valence-corrected chi connectivity index (χ2v) is 2.62. The molecule has 0 unspecified atom stereocenters. The van der Waals surface area contributed by atoms with Crippen molar-refractivity contribution in [3.8, 4) is 0 Å². The number of aromatic nitrogens is 1. The Morgan fingerprint density at radius 2 is 1.57 bits per heavy atom. The topological polar surface area (TPSA) is 12.9 Å². The Bertz CT molecular complexity index is 292. The summed E-state index contributed by atoms with van der Waals surface area (Å²) in [6, 6.07) is 2.98. The number of hydrogen-bond donors (Lipinski definition) is 0. The maximum absolute atomic E-state index is 12.2. The van der Waals surface area contributed by atoms with Gasteiger partial charge in [0.05, 0.1) is 0 Å². The highest BCUT2D eigenvalue weighted by atomic mass is 19.4. The lowest BCUT2D eigenvalue weighted by atomic mass is 10.2. The molecule has 0 radical (unpaired) electrons. The van der Waals surface area contributed by atoms with Gasteiger partial charge in [0, 0.05) is 5.69 Å². The summed E-state index contributed by atoms with van der Waals surface area (Å²) in [6.45, 7) is 6.93. The summed E-state index contributed by atoms with van der Waals surface area (Å²) in [6.07, 6.45) is -4.34. The summed E-state index contributed by atoms with van der Waals surface area (Å²) in [7, 11) is 0. The number of rotatable bonds is 0. The monoisotopic (exact) mass is 205 g/mol. The summed E-state index contributed by atoms with van der Waals surface area (Å²) >= 11 is 0. The summed E-state index contributed by atoms with van der Waals surface area (Å²) in [5.41, 5.74) is -0.247. The third kappa shape index (κ3) is 3.36. The number of aryl methyl sites for hydroxylation is 2. The van der Waals surface area contributed by atoms with E-state index < -0.39 is 11.9 Å². The maximum Gasteiger partial charge on any atom is 0.433 e. The van der Waals surface area contributed by atoms with Gasteiger partial charge in [0.2, 0.25) is 0 Å². The van der Waals surface area contributed by atoms with Crippen LogP contribution < -0.4 is 0 Å². The van der Waals surface area contributed by atoms with Crippen LogP contribution in [-0.4, -0.2) is 4.98 Å². The lowest BCUT2D eigenvalue weighted by molar-refractivity contribution is -0.141. The summed E-state index contributed by atoms with van der Waals surface area (Å²) in [4.78, 5) is 3.42. The SMILES string of the molecule is CC.Cc1ccc(C)c(C(F)(F)F)n1. The van der Waals surface area contributed by atoms with Crippen molar-refractivity contribution in [2.24, 2.45) is 0 Å². The molecule has 1 rings (SSSR count). The van der Waals surface area contributed by atoms with Gasteiger partial charge in [0.15, 0.2) is 0 Å². The average molecular weight is 205 g/mol. The molecule has 0 N–H and O–H groups in total. The number of pyridine rings is 1. The fourth-order valence-electron chi connectivity index (χ4n) is 0.913. The fraction of sp³-hybridized carbons (Fsp3) is 0.500. The van der Waals surface area contributed by atoms with E-state index in [1.54, 1.807) is 6.07 Å². The van der Waals surface area contributed by atoms with Crippen molar-refractivity contribution in [3.63, 3.8) is 0 Å². The molecule has 1 aromatic rings. The number of nitrogens with zero attached hydrogens (tertiary/aromatic N) is 1. The molecule has 0 amide bonds. The Kier molecular flexibility index (Phi) is 4.60. The van der Waals surface area contributed by atoms with Crippen molar-refractivity contribution in [2.45, 2.75) is 33.9 Å². The van der Waals surface area contributed by atoms with E-state index in [4.69, 9.17) is 0 Å². The molecule has 0 spiro atoms. The minimum atomic E-state index is -4.34. The van der Waals surface area contributed by atoms with E-state index in [1.165, 1.54) is 19.9 Å². The normalized spacial score (nSPS) is 10.5. The van der Waals surface area contributed by atoms with Crippen LogP contribution >= 0.6 is 0 Å². The van der Waals surface area contributed by atoms with Crippen LogP contribution in [0.3, 0.4) is 0 Å². The van der Waals surface area contributed by atoms with E-state index in [0.717, 1.165) is 0 Å². The van der Waals surface area contributed by atoms with Crippen LogP contribution in [0.1, 0.15) is 30.8 Å². The largest absolute Gasteiger partial charge is 0.433 e. The van der Waals surface area contributed by atoms with Crippen molar-refractivity contribution in [1.29, 1.82) is 0 Å². The molecule has 0 aliphatic heterocycles. The predicted molar refractivity (Wildman–Crippen MR) is 50.1 cm³/mol. The lowest BCUT2D eigenvalue weighted by Crippen LogP contribution is -2.10. The molecule has 1 nitrogen and oxygen atoms in total. The Hall–Kier alpha value is -1.06. The molecule has 1 aromatic heterocycles. The van der Waals surface area contributed by atoms with E-state index >= 15 is 0 Å². The maximum atomic E-state index is 12.2. The molecule has 0 aliphatic rings. The molecule has 1 heterocycles. The Labute approximate surface area is 82.0 Å². The first kappa shape index (κ1) is 12.9. The van der Waals surface area contributed by atoms with Crippen LogP contribution in [-0.2, 0) is 6.18 Å². The van der Waals surface area contributed by atoms with E-state index in [2.05, 4.69) is 4.98 Å². The zero-order valence-electron chi connectivity index (χ0n) is 8.74. The van der Waals surface area contributed by atoms with E-state index in [9.17, 15) is 13.2 Å². The third-order valence-electron chi connectivity index (χ3n) is 1.50. The molecule has 4 heteroatoms. The second-order valence-electron chi connectivity index (χ2n) is 2.62. The molecule has 14 heavy (non-hydrogen) atoms. The summed E-state index contributed by atoms with van der Waals surface area (Å²) < 4.78 is 36.5. The van der Waals surface area contributed by atoms with Crippen LogP contribution in [0.4, 0.5) is 13.2 Å². The highest BCUT2D eigenvalue weighted by Crippen LogP contribution is 2.29. The van der Waals surface area contributed by atoms with Crippen molar-refractivity contribution < 1.29 is 13.2 Å². The molecule has 0 aliphatic carbocycles. The standard InChI is InChI=1S/C8H8F3N.C2H6/c1-5-3-4-6(2)12-7(5)8(9,10)11;1-2/h3-4H,1-2H3;1-2H3. The minimum absolute atomic E-state index is 0.160. The van der Waals surface area contributed by atoms with Crippen LogP contribution in [0, 0.1) is 13.8 Å². The highest BCUT2D eigenvalue weighted by Gasteiger charge is 2.34. The lowest BCUT2D eigenvalue weighted by Gasteiger charge is -2.08. The van der Waals surface area contributed by atoms with Crippen LogP contribution in [0.5, 0.6) is 0 Å². The van der Waals surface area contributed by atoms with Crippen LogP contribution in [0.15, 0.2) is 12.1 Å². The van der Waals surface area contributed by atoms with E-state index in [1.807, 2.05) is 13.8 Å². The Morgan fingerprint density at radius 1 is 1.07 bits per heavy atom. The highest BCUT2D eigenvalue weighted by molar-refractivity contribution is 5.23. The van der Waals surface area contributed by atoms with Gasteiger partial charge in [-0.05, 0) is 25.5 Å². The quantitative estimate of drug-likeness (QED) is 0.628. The molecule has 0 atom stereocenters. The predicted octanol–water partition coefficient (Wildman–Crippen LogP) is 3.74. The van der Waals surface area contributed by atoms with Gasteiger partial charge in [-0.25, -0.2) is 4.98 Å².